The van der Waals surface area contributed by atoms with Crippen LogP contribution in [-0.2, 0) is 0 Å². The minimum absolute atomic E-state index is 0.186. The molecule has 0 spiro atoms. The van der Waals surface area contributed by atoms with Crippen molar-refractivity contribution >= 4 is 0 Å². The van der Waals surface area contributed by atoms with Crippen LogP contribution in [0.5, 0.6) is 17.2 Å². The molecule has 0 saturated heterocycles. The fraction of sp³-hybridized carbons (Fsp3) is 0.478. The van der Waals surface area contributed by atoms with Gasteiger partial charge in [-0.2, -0.15) is 0 Å². The van der Waals surface area contributed by atoms with Crippen LogP contribution < -0.4 is 4.74 Å². The molecule has 2 aromatic rings. The van der Waals surface area contributed by atoms with E-state index in [4.69, 9.17) is 4.74 Å². The highest BCUT2D eigenvalue weighted by Gasteiger charge is 2.17. The summed E-state index contributed by atoms with van der Waals surface area (Å²) in [6, 6.07) is 15.5. The van der Waals surface area contributed by atoms with E-state index < -0.39 is 0 Å². The first kappa shape index (κ1) is 19.4. The number of ether oxygens (including phenoxy) is 1. The van der Waals surface area contributed by atoms with Gasteiger partial charge in [-0.25, -0.2) is 0 Å². The van der Waals surface area contributed by atoms with Crippen LogP contribution in [0.4, 0.5) is 0 Å². The number of rotatable bonds is 11. The van der Waals surface area contributed by atoms with E-state index in [1.54, 1.807) is 6.07 Å². The third-order valence-corrected chi connectivity index (χ3v) is 4.76. The van der Waals surface area contributed by atoms with Crippen LogP contribution in [0.3, 0.4) is 0 Å². The zero-order valence-electron chi connectivity index (χ0n) is 15.7. The second kappa shape index (κ2) is 10.8. The first-order valence-corrected chi connectivity index (χ1v) is 9.81. The molecule has 2 nitrogen and oxygen atoms in total. The van der Waals surface area contributed by atoms with Crippen LogP contribution in [0.25, 0.3) is 0 Å². The molecule has 136 valence electrons. The molecule has 0 aliphatic heterocycles. The van der Waals surface area contributed by atoms with Gasteiger partial charge in [-0.3, -0.25) is 0 Å². The standard InChI is InChI=1S/C23H32O2/c1-3-5-7-13-19(14-8-6-4-2)20-15-9-11-17-22(20)25-23-18-12-10-16-21(23)24/h9-12,15-19,24H,3-8,13-14H2,1-2H3. The highest BCUT2D eigenvalue weighted by atomic mass is 16.5. The molecule has 0 radical (unpaired) electrons. The zero-order chi connectivity index (χ0) is 17.9. The van der Waals surface area contributed by atoms with Crippen LogP contribution >= 0.6 is 0 Å². The van der Waals surface area contributed by atoms with Gasteiger partial charge in [-0.05, 0) is 42.5 Å². The van der Waals surface area contributed by atoms with Crippen LogP contribution in [0, 0.1) is 0 Å². The zero-order valence-corrected chi connectivity index (χ0v) is 15.7. The molecule has 0 atom stereocenters. The maximum absolute atomic E-state index is 10.0. The molecule has 0 heterocycles. The monoisotopic (exact) mass is 340 g/mol. The molecule has 0 saturated carbocycles. The Bertz CT molecular complexity index is 611. The maximum atomic E-state index is 10.0. The molecule has 2 rings (SSSR count). The molecule has 2 heteroatoms. The summed E-state index contributed by atoms with van der Waals surface area (Å²) in [5.74, 6) is 2.11. The Morgan fingerprint density at radius 3 is 1.92 bits per heavy atom. The quantitative estimate of drug-likeness (QED) is 0.431. The Morgan fingerprint density at radius 1 is 0.760 bits per heavy atom. The van der Waals surface area contributed by atoms with Crippen molar-refractivity contribution < 1.29 is 9.84 Å². The second-order valence-electron chi connectivity index (χ2n) is 6.80. The maximum Gasteiger partial charge on any atom is 0.169 e. The average molecular weight is 341 g/mol. The smallest absolute Gasteiger partial charge is 0.169 e. The molecule has 25 heavy (non-hydrogen) atoms. The van der Waals surface area contributed by atoms with Gasteiger partial charge >= 0.3 is 0 Å². The minimum atomic E-state index is 0.186. The first-order chi connectivity index (χ1) is 12.3. The van der Waals surface area contributed by atoms with Crippen LogP contribution in [-0.4, -0.2) is 5.11 Å². The lowest BCUT2D eigenvalue weighted by molar-refractivity contribution is 0.402. The Labute approximate surface area is 152 Å². The first-order valence-electron chi connectivity index (χ1n) is 9.81. The van der Waals surface area contributed by atoms with E-state index in [0.717, 1.165) is 5.75 Å². The highest BCUT2D eigenvalue weighted by Crippen LogP contribution is 2.38. The minimum Gasteiger partial charge on any atom is -0.504 e. The van der Waals surface area contributed by atoms with Gasteiger partial charge < -0.3 is 9.84 Å². The summed E-state index contributed by atoms with van der Waals surface area (Å²) < 4.78 is 6.08. The molecule has 0 fully saturated rings. The largest absolute Gasteiger partial charge is 0.504 e. The third kappa shape index (κ3) is 6.12. The summed E-state index contributed by atoms with van der Waals surface area (Å²) in [6.07, 6.45) is 10.0. The van der Waals surface area contributed by atoms with Gasteiger partial charge in [0.2, 0.25) is 0 Å². The number of hydrogen-bond donors (Lipinski definition) is 1. The van der Waals surface area contributed by atoms with Crippen molar-refractivity contribution in [1.82, 2.24) is 0 Å². The molecule has 2 aromatic carbocycles. The van der Waals surface area contributed by atoms with Crippen molar-refractivity contribution in [1.29, 1.82) is 0 Å². The Balaban J connectivity index is 2.19. The van der Waals surface area contributed by atoms with Crippen molar-refractivity contribution in [3.05, 3.63) is 54.1 Å². The number of phenols is 1. The predicted octanol–water partition coefficient (Wildman–Crippen LogP) is 7.43. The van der Waals surface area contributed by atoms with Crippen LogP contribution in [0.15, 0.2) is 48.5 Å². The predicted molar refractivity (Wildman–Crippen MR) is 106 cm³/mol. The Kier molecular flexibility index (Phi) is 8.38. The van der Waals surface area contributed by atoms with Gasteiger partial charge in [-0.15, -0.1) is 0 Å². The van der Waals surface area contributed by atoms with Crippen molar-refractivity contribution in [2.45, 2.75) is 71.1 Å². The van der Waals surface area contributed by atoms with E-state index >= 15 is 0 Å². The number of unbranched alkanes of at least 4 members (excludes halogenated alkanes) is 4. The van der Waals surface area contributed by atoms with Crippen LogP contribution in [0.1, 0.15) is 76.7 Å². The molecule has 0 aromatic heterocycles. The molecule has 0 bridgehead atoms. The van der Waals surface area contributed by atoms with E-state index in [2.05, 4.69) is 26.0 Å². The van der Waals surface area contributed by atoms with Crippen molar-refractivity contribution in [2.24, 2.45) is 0 Å². The normalized spacial score (nSPS) is 11.0. The van der Waals surface area contributed by atoms with E-state index in [1.807, 2.05) is 30.3 Å². The number of phenolic OH excluding ortho intramolecular Hbond substituents is 1. The fourth-order valence-electron chi connectivity index (χ4n) is 3.31. The van der Waals surface area contributed by atoms with E-state index in [9.17, 15) is 5.11 Å². The molecular weight excluding hydrogens is 308 g/mol. The number of hydrogen-bond acceptors (Lipinski definition) is 2. The van der Waals surface area contributed by atoms with Gasteiger partial charge in [0.25, 0.3) is 0 Å². The Morgan fingerprint density at radius 2 is 1.32 bits per heavy atom. The van der Waals surface area contributed by atoms with Crippen LogP contribution in [0.2, 0.25) is 0 Å². The molecule has 0 unspecified atom stereocenters. The van der Waals surface area contributed by atoms with Crippen molar-refractivity contribution in [2.75, 3.05) is 0 Å². The molecule has 0 aliphatic carbocycles. The summed E-state index contributed by atoms with van der Waals surface area (Å²) >= 11 is 0. The summed E-state index contributed by atoms with van der Waals surface area (Å²) in [4.78, 5) is 0. The van der Waals surface area contributed by atoms with Gasteiger partial charge in [-0.1, -0.05) is 82.7 Å². The third-order valence-electron chi connectivity index (χ3n) is 4.76. The summed E-state index contributed by atoms with van der Waals surface area (Å²) in [7, 11) is 0. The topological polar surface area (TPSA) is 29.5 Å². The molecule has 1 N–H and O–H groups in total. The lowest BCUT2D eigenvalue weighted by Crippen LogP contribution is -2.02. The summed E-state index contributed by atoms with van der Waals surface area (Å²) in [6.45, 7) is 4.50. The number of benzene rings is 2. The fourth-order valence-corrected chi connectivity index (χ4v) is 3.31. The van der Waals surface area contributed by atoms with Crippen molar-refractivity contribution in [3.63, 3.8) is 0 Å². The highest BCUT2D eigenvalue weighted by molar-refractivity contribution is 5.45. The molecule has 0 amide bonds. The summed E-state index contributed by atoms with van der Waals surface area (Å²) in [5.41, 5.74) is 1.28. The average Bonchev–Trinajstić information content (AvgIpc) is 2.63. The lowest BCUT2D eigenvalue weighted by Gasteiger charge is -2.21. The molecule has 0 aliphatic rings. The van der Waals surface area contributed by atoms with Crippen molar-refractivity contribution in [3.8, 4) is 17.2 Å². The van der Waals surface area contributed by atoms with Gasteiger partial charge in [0.05, 0.1) is 0 Å². The Hall–Kier alpha value is -1.96. The number of para-hydroxylation sites is 3. The molecular formula is C23H32O2. The van der Waals surface area contributed by atoms with E-state index in [1.165, 1.54) is 56.9 Å². The van der Waals surface area contributed by atoms with E-state index in [-0.39, 0.29) is 5.75 Å². The summed E-state index contributed by atoms with van der Waals surface area (Å²) in [5, 5.41) is 10.0. The number of aromatic hydroxyl groups is 1. The van der Waals surface area contributed by atoms with Gasteiger partial charge in [0, 0.05) is 0 Å². The lowest BCUT2D eigenvalue weighted by atomic mass is 9.88. The SMILES string of the molecule is CCCCCC(CCCCC)c1ccccc1Oc1ccccc1O. The van der Waals surface area contributed by atoms with Gasteiger partial charge in [0.1, 0.15) is 5.75 Å². The second-order valence-corrected chi connectivity index (χ2v) is 6.80. The van der Waals surface area contributed by atoms with E-state index in [0.29, 0.717) is 11.7 Å². The van der Waals surface area contributed by atoms with Gasteiger partial charge in [0.15, 0.2) is 11.5 Å².